The highest BCUT2D eigenvalue weighted by molar-refractivity contribution is 9.10. The van der Waals surface area contributed by atoms with E-state index in [0.29, 0.717) is 36.2 Å². The van der Waals surface area contributed by atoms with Gasteiger partial charge in [-0.05, 0) is 46.6 Å². The van der Waals surface area contributed by atoms with E-state index in [1.807, 2.05) is 0 Å². The summed E-state index contributed by atoms with van der Waals surface area (Å²) >= 11 is 8.94. The van der Waals surface area contributed by atoms with Gasteiger partial charge in [0.1, 0.15) is 5.82 Å². The van der Waals surface area contributed by atoms with Crippen LogP contribution in [-0.2, 0) is 14.3 Å². The van der Waals surface area contributed by atoms with E-state index in [0.717, 1.165) is 6.07 Å². The number of amides is 2. The SMILES string of the molecule is O=C(COC(=O)c1ccc(Cl)cc1N1CCCC1=O)Nc1c(F)cc(F)cc1Br. The summed E-state index contributed by atoms with van der Waals surface area (Å²) in [4.78, 5) is 37.9. The maximum absolute atomic E-state index is 13.8. The zero-order valence-electron chi connectivity index (χ0n) is 14.8. The minimum atomic E-state index is -0.982. The molecule has 10 heteroatoms. The van der Waals surface area contributed by atoms with Crippen molar-refractivity contribution in [2.24, 2.45) is 0 Å². The maximum atomic E-state index is 13.8. The van der Waals surface area contributed by atoms with Crippen LogP contribution < -0.4 is 10.2 Å². The first-order chi connectivity index (χ1) is 13.8. The summed E-state index contributed by atoms with van der Waals surface area (Å²) in [7, 11) is 0. The second-order valence-electron chi connectivity index (χ2n) is 6.18. The minimum absolute atomic E-state index is 0.00205. The number of esters is 1. The van der Waals surface area contributed by atoms with Crippen LogP contribution in [0.25, 0.3) is 0 Å². The number of hydrogen-bond donors (Lipinski definition) is 1. The van der Waals surface area contributed by atoms with Crippen molar-refractivity contribution in [3.05, 3.63) is 57.0 Å². The lowest BCUT2D eigenvalue weighted by atomic mass is 10.1. The fourth-order valence-electron chi connectivity index (χ4n) is 2.85. The first-order valence-corrected chi connectivity index (χ1v) is 9.65. The number of hydrogen-bond acceptors (Lipinski definition) is 4. The fraction of sp³-hybridized carbons (Fsp3) is 0.211. The smallest absolute Gasteiger partial charge is 0.340 e. The Balaban J connectivity index is 1.70. The molecule has 152 valence electrons. The second-order valence-corrected chi connectivity index (χ2v) is 7.47. The Bertz CT molecular complexity index is 979. The predicted molar refractivity (Wildman–Crippen MR) is 106 cm³/mol. The zero-order valence-corrected chi connectivity index (χ0v) is 17.1. The fourth-order valence-corrected chi connectivity index (χ4v) is 3.52. The number of nitrogens with zero attached hydrogens (tertiary/aromatic N) is 1. The van der Waals surface area contributed by atoms with Gasteiger partial charge in [0, 0.05) is 28.5 Å². The Hall–Kier alpha value is -2.52. The van der Waals surface area contributed by atoms with E-state index in [-0.39, 0.29) is 21.6 Å². The van der Waals surface area contributed by atoms with Crippen molar-refractivity contribution in [3.8, 4) is 0 Å². The zero-order chi connectivity index (χ0) is 21.1. The van der Waals surface area contributed by atoms with E-state index in [1.54, 1.807) is 0 Å². The first-order valence-electron chi connectivity index (χ1n) is 8.47. The van der Waals surface area contributed by atoms with Crippen molar-refractivity contribution in [3.63, 3.8) is 0 Å². The number of nitrogens with one attached hydrogen (secondary N) is 1. The molecule has 0 aromatic heterocycles. The molecule has 1 heterocycles. The van der Waals surface area contributed by atoms with Gasteiger partial charge in [0.2, 0.25) is 5.91 Å². The molecule has 1 N–H and O–H groups in total. The molecule has 1 saturated heterocycles. The molecule has 29 heavy (non-hydrogen) atoms. The molecule has 0 atom stereocenters. The van der Waals surface area contributed by atoms with E-state index < -0.39 is 30.1 Å². The van der Waals surface area contributed by atoms with Crippen LogP contribution in [0.3, 0.4) is 0 Å². The van der Waals surface area contributed by atoms with E-state index in [1.165, 1.54) is 23.1 Å². The summed E-state index contributed by atoms with van der Waals surface area (Å²) < 4.78 is 31.9. The Morgan fingerprint density at radius 3 is 2.66 bits per heavy atom. The van der Waals surface area contributed by atoms with E-state index in [2.05, 4.69) is 21.2 Å². The van der Waals surface area contributed by atoms with E-state index in [4.69, 9.17) is 16.3 Å². The second kappa shape index (κ2) is 8.87. The molecule has 6 nitrogen and oxygen atoms in total. The van der Waals surface area contributed by atoms with Gasteiger partial charge in [0.15, 0.2) is 12.4 Å². The third kappa shape index (κ3) is 4.91. The molecule has 2 amide bonds. The third-order valence-electron chi connectivity index (χ3n) is 4.15. The molecule has 1 aliphatic heterocycles. The van der Waals surface area contributed by atoms with Gasteiger partial charge in [-0.15, -0.1) is 0 Å². The molecule has 1 aliphatic rings. The van der Waals surface area contributed by atoms with Crippen LogP contribution in [0, 0.1) is 11.6 Å². The molecule has 0 spiro atoms. The molecule has 0 saturated carbocycles. The predicted octanol–water partition coefficient (Wildman–Crippen LogP) is 4.30. The number of anilines is 2. The number of halogens is 4. The van der Waals surface area contributed by atoms with Crippen molar-refractivity contribution in [1.29, 1.82) is 0 Å². The van der Waals surface area contributed by atoms with Crippen LogP contribution in [-0.4, -0.2) is 30.9 Å². The Morgan fingerprint density at radius 1 is 1.24 bits per heavy atom. The summed E-state index contributed by atoms with van der Waals surface area (Å²) in [5.74, 6) is -3.60. The van der Waals surface area contributed by atoms with Crippen molar-refractivity contribution in [1.82, 2.24) is 0 Å². The maximum Gasteiger partial charge on any atom is 0.340 e. The number of rotatable bonds is 5. The monoisotopic (exact) mass is 486 g/mol. The topological polar surface area (TPSA) is 75.7 Å². The van der Waals surface area contributed by atoms with Crippen molar-refractivity contribution < 1.29 is 27.9 Å². The lowest BCUT2D eigenvalue weighted by molar-refractivity contribution is -0.119. The molecular formula is C19H14BrClF2N2O4. The van der Waals surface area contributed by atoms with Crippen molar-refractivity contribution in [2.45, 2.75) is 12.8 Å². The summed E-state index contributed by atoms with van der Waals surface area (Å²) in [6, 6.07) is 5.94. The van der Waals surface area contributed by atoms with Gasteiger partial charge in [-0.1, -0.05) is 11.6 Å². The first kappa shape index (κ1) is 21.2. The minimum Gasteiger partial charge on any atom is -0.452 e. The van der Waals surface area contributed by atoms with Crippen LogP contribution in [0.4, 0.5) is 20.2 Å². The number of carbonyl (C=O) groups is 3. The standard InChI is InChI=1S/C19H14BrClF2N2O4/c20-13-7-11(22)8-14(23)18(13)24-16(26)9-29-19(28)12-4-3-10(21)6-15(12)25-5-1-2-17(25)27/h3-4,6-8H,1-2,5,9H2,(H,24,26). The summed E-state index contributed by atoms with van der Waals surface area (Å²) in [6.45, 7) is -0.268. The van der Waals surface area contributed by atoms with Crippen LogP contribution in [0.1, 0.15) is 23.2 Å². The summed E-state index contributed by atoms with van der Waals surface area (Å²) in [5.41, 5.74) is 0.103. The lowest BCUT2D eigenvalue weighted by Gasteiger charge is -2.19. The van der Waals surface area contributed by atoms with Crippen molar-refractivity contribution in [2.75, 3.05) is 23.4 Å². The molecule has 0 radical (unpaired) electrons. The molecule has 0 aliphatic carbocycles. The normalized spacial score (nSPS) is 13.5. The Labute approximate surface area is 177 Å². The quantitative estimate of drug-likeness (QED) is 0.638. The summed E-state index contributed by atoms with van der Waals surface area (Å²) in [5, 5.41) is 2.55. The number of carbonyl (C=O) groups excluding carboxylic acids is 3. The highest BCUT2D eigenvalue weighted by atomic mass is 79.9. The Morgan fingerprint density at radius 2 is 2.00 bits per heavy atom. The summed E-state index contributed by atoms with van der Waals surface area (Å²) in [6.07, 6.45) is 1.02. The van der Waals surface area contributed by atoms with Gasteiger partial charge in [0.05, 0.1) is 16.9 Å². The van der Waals surface area contributed by atoms with Gasteiger partial charge in [0.25, 0.3) is 5.91 Å². The van der Waals surface area contributed by atoms with Crippen LogP contribution in [0.15, 0.2) is 34.8 Å². The molecule has 2 aromatic carbocycles. The molecule has 0 bridgehead atoms. The largest absolute Gasteiger partial charge is 0.452 e. The highest BCUT2D eigenvalue weighted by Gasteiger charge is 2.27. The molecule has 2 aromatic rings. The average Bonchev–Trinajstić information content (AvgIpc) is 3.08. The third-order valence-corrected chi connectivity index (χ3v) is 5.01. The lowest BCUT2D eigenvalue weighted by Crippen LogP contribution is -2.27. The van der Waals surface area contributed by atoms with Gasteiger partial charge in [-0.2, -0.15) is 0 Å². The number of benzene rings is 2. The van der Waals surface area contributed by atoms with Crippen LogP contribution >= 0.6 is 27.5 Å². The molecule has 1 fully saturated rings. The highest BCUT2D eigenvalue weighted by Crippen LogP contribution is 2.30. The van der Waals surface area contributed by atoms with Crippen LogP contribution in [0.5, 0.6) is 0 Å². The van der Waals surface area contributed by atoms with Crippen molar-refractivity contribution >= 4 is 56.7 Å². The van der Waals surface area contributed by atoms with E-state index >= 15 is 0 Å². The van der Waals surface area contributed by atoms with Gasteiger partial charge >= 0.3 is 5.97 Å². The average molecular weight is 488 g/mol. The molecular weight excluding hydrogens is 474 g/mol. The van der Waals surface area contributed by atoms with Gasteiger partial charge in [-0.25, -0.2) is 13.6 Å². The van der Waals surface area contributed by atoms with E-state index in [9.17, 15) is 23.2 Å². The Kier molecular flexibility index (Phi) is 6.49. The molecule has 0 unspecified atom stereocenters. The van der Waals surface area contributed by atoms with Gasteiger partial charge < -0.3 is 15.0 Å². The van der Waals surface area contributed by atoms with Gasteiger partial charge in [-0.3, -0.25) is 9.59 Å². The number of ether oxygens (including phenoxy) is 1. The van der Waals surface area contributed by atoms with Crippen LogP contribution in [0.2, 0.25) is 5.02 Å². The molecule has 3 rings (SSSR count).